The summed E-state index contributed by atoms with van der Waals surface area (Å²) in [6.45, 7) is 10.3. The van der Waals surface area contributed by atoms with Crippen molar-refractivity contribution < 1.29 is 9.90 Å². The molecule has 0 saturated carbocycles. The highest BCUT2D eigenvalue weighted by Gasteiger charge is 2.22. The zero-order valence-electron chi connectivity index (χ0n) is 14.9. The van der Waals surface area contributed by atoms with Gasteiger partial charge in [0, 0.05) is 6.42 Å². The molecule has 2 heteroatoms. The number of aromatic hydroxyl groups is 1. The largest absolute Gasteiger partial charge is 0.508 e. The third-order valence-corrected chi connectivity index (χ3v) is 4.59. The van der Waals surface area contributed by atoms with Crippen LogP contribution in [0.15, 0.2) is 18.2 Å². The molecular weight excluding hydrogens is 272 g/mol. The highest BCUT2D eigenvalue weighted by atomic mass is 16.3. The summed E-state index contributed by atoms with van der Waals surface area (Å²) >= 11 is 0. The first-order chi connectivity index (χ1) is 10.3. The van der Waals surface area contributed by atoms with Crippen molar-refractivity contribution in [2.24, 2.45) is 0 Å². The Balaban J connectivity index is 2.80. The van der Waals surface area contributed by atoms with Crippen molar-refractivity contribution in [2.45, 2.75) is 84.5 Å². The monoisotopic (exact) mass is 304 g/mol. The summed E-state index contributed by atoms with van der Waals surface area (Å²) in [7, 11) is 0. The lowest BCUT2D eigenvalue weighted by atomic mass is 9.79. The molecule has 0 amide bonds. The molecule has 1 atom stereocenters. The number of hydrogen-bond acceptors (Lipinski definition) is 2. The van der Waals surface area contributed by atoms with E-state index in [9.17, 15) is 9.90 Å². The Kier molecular flexibility index (Phi) is 7.12. The smallest absolute Gasteiger partial charge is 0.130 e. The van der Waals surface area contributed by atoms with E-state index in [1.807, 2.05) is 19.1 Å². The van der Waals surface area contributed by atoms with E-state index in [0.29, 0.717) is 12.2 Å². The number of unbranched alkanes of at least 4 members (excludes halogenated alkanes) is 3. The standard InChI is InChI=1S/C20H32O2/c1-6-7-8-9-12-20(4,5)17-10-11-18(19(22)14-17)15(2)13-16(3)21/h10-11,14-15,22H,6-9,12-13H2,1-5H3/t15-/m1/s1. The van der Waals surface area contributed by atoms with Crippen LogP contribution in [0.5, 0.6) is 5.75 Å². The Hall–Kier alpha value is -1.31. The lowest BCUT2D eigenvalue weighted by Crippen LogP contribution is -2.17. The lowest BCUT2D eigenvalue weighted by Gasteiger charge is -2.26. The average molecular weight is 304 g/mol. The highest BCUT2D eigenvalue weighted by Crippen LogP contribution is 2.35. The SMILES string of the molecule is CCCCCCC(C)(C)c1ccc([C@H](C)CC(C)=O)c(O)c1. The van der Waals surface area contributed by atoms with Gasteiger partial charge in [-0.2, -0.15) is 0 Å². The van der Waals surface area contributed by atoms with Gasteiger partial charge in [0.25, 0.3) is 0 Å². The topological polar surface area (TPSA) is 37.3 Å². The molecular formula is C20H32O2. The van der Waals surface area contributed by atoms with E-state index < -0.39 is 0 Å². The van der Waals surface area contributed by atoms with Crippen molar-refractivity contribution >= 4 is 5.78 Å². The first kappa shape index (κ1) is 18.7. The molecule has 0 aromatic heterocycles. The molecule has 0 bridgehead atoms. The van der Waals surface area contributed by atoms with Gasteiger partial charge in [0.2, 0.25) is 0 Å². The van der Waals surface area contributed by atoms with Crippen molar-refractivity contribution in [3.8, 4) is 5.75 Å². The summed E-state index contributed by atoms with van der Waals surface area (Å²) in [6.07, 6.45) is 6.67. The maximum Gasteiger partial charge on any atom is 0.130 e. The predicted molar refractivity (Wildman–Crippen MR) is 93.6 cm³/mol. The van der Waals surface area contributed by atoms with Crippen LogP contribution in [0.2, 0.25) is 0 Å². The minimum Gasteiger partial charge on any atom is -0.508 e. The molecule has 0 radical (unpaired) electrons. The van der Waals surface area contributed by atoms with E-state index in [2.05, 4.69) is 26.8 Å². The second-order valence-corrected chi connectivity index (χ2v) is 7.28. The molecule has 0 aliphatic carbocycles. The van der Waals surface area contributed by atoms with Crippen molar-refractivity contribution in [1.82, 2.24) is 0 Å². The van der Waals surface area contributed by atoms with Crippen LogP contribution in [0.1, 0.15) is 90.2 Å². The van der Waals surface area contributed by atoms with Gasteiger partial charge in [-0.3, -0.25) is 0 Å². The van der Waals surface area contributed by atoms with Gasteiger partial charge >= 0.3 is 0 Å². The quantitative estimate of drug-likeness (QED) is 0.592. The zero-order valence-corrected chi connectivity index (χ0v) is 14.9. The van der Waals surface area contributed by atoms with Gasteiger partial charge < -0.3 is 9.90 Å². The number of phenols is 1. The molecule has 0 aliphatic rings. The molecule has 124 valence electrons. The summed E-state index contributed by atoms with van der Waals surface area (Å²) in [5.41, 5.74) is 2.13. The second kappa shape index (κ2) is 8.36. The van der Waals surface area contributed by atoms with Crippen LogP contribution >= 0.6 is 0 Å². The normalized spacial score (nSPS) is 13.1. The summed E-state index contributed by atoms with van der Waals surface area (Å²) < 4.78 is 0. The van der Waals surface area contributed by atoms with Crippen LogP contribution in [-0.2, 0) is 10.2 Å². The molecule has 1 aromatic rings. The number of Topliss-reactive ketones (excluding diaryl/α,β-unsaturated/α-hetero) is 1. The fraction of sp³-hybridized carbons (Fsp3) is 0.650. The maximum absolute atomic E-state index is 11.3. The number of hydrogen-bond donors (Lipinski definition) is 1. The third kappa shape index (κ3) is 5.47. The Morgan fingerprint density at radius 1 is 1.23 bits per heavy atom. The highest BCUT2D eigenvalue weighted by molar-refractivity contribution is 5.76. The first-order valence-corrected chi connectivity index (χ1v) is 8.60. The third-order valence-electron chi connectivity index (χ3n) is 4.59. The van der Waals surface area contributed by atoms with Crippen LogP contribution in [0.4, 0.5) is 0 Å². The first-order valence-electron chi connectivity index (χ1n) is 8.60. The fourth-order valence-corrected chi connectivity index (χ4v) is 3.06. The van der Waals surface area contributed by atoms with Crippen LogP contribution in [0.25, 0.3) is 0 Å². The van der Waals surface area contributed by atoms with Gasteiger partial charge in [-0.1, -0.05) is 65.5 Å². The van der Waals surface area contributed by atoms with E-state index in [-0.39, 0.29) is 17.1 Å². The molecule has 0 unspecified atom stereocenters. The van der Waals surface area contributed by atoms with E-state index in [1.165, 1.54) is 31.2 Å². The molecule has 0 fully saturated rings. The van der Waals surface area contributed by atoms with Crippen LogP contribution in [0.3, 0.4) is 0 Å². The van der Waals surface area contributed by atoms with Crippen molar-refractivity contribution in [3.05, 3.63) is 29.3 Å². The predicted octanol–water partition coefficient (Wildman–Crippen LogP) is 5.72. The van der Waals surface area contributed by atoms with E-state index in [0.717, 1.165) is 12.0 Å². The molecule has 0 heterocycles. The van der Waals surface area contributed by atoms with Gasteiger partial charge in [-0.15, -0.1) is 0 Å². The van der Waals surface area contributed by atoms with Crippen molar-refractivity contribution in [1.29, 1.82) is 0 Å². The molecule has 0 spiro atoms. The number of carbonyl (C=O) groups excluding carboxylic acids is 1. The van der Waals surface area contributed by atoms with Crippen LogP contribution < -0.4 is 0 Å². The molecule has 2 nitrogen and oxygen atoms in total. The summed E-state index contributed by atoms with van der Waals surface area (Å²) in [5.74, 6) is 0.555. The van der Waals surface area contributed by atoms with Crippen molar-refractivity contribution in [3.63, 3.8) is 0 Å². The Labute approximate surface area is 135 Å². The summed E-state index contributed by atoms with van der Waals surface area (Å²) in [4.78, 5) is 11.3. The zero-order chi connectivity index (χ0) is 16.8. The van der Waals surface area contributed by atoms with Crippen molar-refractivity contribution in [2.75, 3.05) is 0 Å². The second-order valence-electron chi connectivity index (χ2n) is 7.28. The fourth-order valence-electron chi connectivity index (χ4n) is 3.06. The molecule has 0 aliphatic heterocycles. The molecule has 22 heavy (non-hydrogen) atoms. The number of rotatable bonds is 9. The lowest BCUT2D eigenvalue weighted by molar-refractivity contribution is -0.117. The van der Waals surface area contributed by atoms with E-state index >= 15 is 0 Å². The Morgan fingerprint density at radius 2 is 1.91 bits per heavy atom. The van der Waals surface area contributed by atoms with Crippen LogP contribution in [0, 0.1) is 0 Å². The van der Waals surface area contributed by atoms with Crippen LogP contribution in [-0.4, -0.2) is 10.9 Å². The maximum atomic E-state index is 11.3. The Bertz CT molecular complexity index is 488. The molecule has 1 aromatic carbocycles. The molecule has 1 rings (SSSR count). The minimum absolute atomic E-state index is 0.0687. The van der Waals surface area contributed by atoms with Gasteiger partial charge in [0.05, 0.1) is 0 Å². The molecule has 0 saturated heterocycles. The molecule has 1 N–H and O–H groups in total. The summed E-state index contributed by atoms with van der Waals surface area (Å²) in [6, 6.07) is 6.00. The Morgan fingerprint density at radius 3 is 2.45 bits per heavy atom. The van der Waals surface area contributed by atoms with E-state index in [4.69, 9.17) is 0 Å². The summed E-state index contributed by atoms with van der Waals surface area (Å²) in [5, 5.41) is 10.3. The van der Waals surface area contributed by atoms with Gasteiger partial charge in [0.15, 0.2) is 0 Å². The minimum atomic E-state index is 0.0687. The number of ketones is 1. The average Bonchev–Trinajstić information content (AvgIpc) is 2.42. The van der Waals surface area contributed by atoms with Gasteiger partial charge in [-0.25, -0.2) is 0 Å². The number of phenolic OH excluding ortho intramolecular Hbond substituents is 1. The number of carbonyl (C=O) groups is 1. The van der Waals surface area contributed by atoms with E-state index in [1.54, 1.807) is 6.92 Å². The van der Waals surface area contributed by atoms with Gasteiger partial charge in [0.1, 0.15) is 11.5 Å². The van der Waals surface area contributed by atoms with Gasteiger partial charge in [-0.05, 0) is 41.9 Å². The number of benzene rings is 1.